The Morgan fingerprint density at radius 3 is 2.56 bits per heavy atom. The third-order valence-electron chi connectivity index (χ3n) is 8.29. The van der Waals surface area contributed by atoms with Gasteiger partial charge in [0.2, 0.25) is 17.7 Å². The second kappa shape index (κ2) is 14.6. The molecule has 0 aliphatic carbocycles. The largest absolute Gasteiger partial charge is 0.384 e. The average Bonchev–Trinajstić information content (AvgIpc) is 3.01. The number of piperidine rings is 1. The summed E-state index contributed by atoms with van der Waals surface area (Å²) < 4.78 is 27.6. The van der Waals surface area contributed by atoms with Crippen LogP contribution in [0.4, 0.5) is 5.69 Å². The molecule has 0 bridgehead atoms. The van der Waals surface area contributed by atoms with Crippen molar-refractivity contribution in [3.8, 4) is 0 Å². The molecular formula is C31H42N6O5S. The molecule has 0 aromatic heterocycles. The average molecular weight is 611 g/mol. The van der Waals surface area contributed by atoms with E-state index >= 15 is 0 Å². The number of anilines is 1. The predicted molar refractivity (Wildman–Crippen MR) is 166 cm³/mol. The highest BCUT2D eigenvalue weighted by Gasteiger charge is 2.33. The van der Waals surface area contributed by atoms with Gasteiger partial charge in [0.1, 0.15) is 5.84 Å². The number of rotatable bonds is 12. The number of nitrogens with one attached hydrogen (secondary N) is 3. The van der Waals surface area contributed by atoms with Gasteiger partial charge in [-0.15, -0.1) is 0 Å². The van der Waals surface area contributed by atoms with Gasteiger partial charge in [-0.25, -0.2) is 8.42 Å². The maximum Gasteiger partial charge on any atom is 0.240 e. The zero-order valence-electron chi connectivity index (χ0n) is 24.7. The first-order valence-electron chi connectivity index (χ1n) is 14.8. The van der Waals surface area contributed by atoms with E-state index < -0.39 is 15.8 Å². The number of hydrogen-bond donors (Lipinski definition) is 4. The Balaban J connectivity index is 1.52. The summed E-state index contributed by atoms with van der Waals surface area (Å²) in [5.41, 5.74) is 7.44. The van der Waals surface area contributed by atoms with Crippen LogP contribution < -0.4 is 21.3 Å². The second-order valence-corrected chi connectivity index (χ2v) is 13.4. The molecule has 12 heteroatoms. The lowest BCUT2D eigenvalue weighted by Crippen LogP contribution is -2.48. The molecule has 43 heavy (non-hydrogen) atoms. The van der Waals surface area contributed by atoms with Gasteiger partial charge in [-0.2, -0.15) is 0 Å². The van der Waals surface area contributed by atoms with Crippen molar-refractivity contribution >= 4 is 39.1 Å². The SMILES string of the molecule is CNC(=O)CCCC1CCN(C(=O)[C@H](Cc2cccc(C(=N)N)c2)CS(=O)(=O)c2cccc(N3CCNCC3=O)c2)CC1. The fourth-order valence-corrected chi connectivity index (χ4v) is 7.40. The van der Waals surface area contributed by atoms with E-state index in [0.29, 0.717) is 49.8 Å². The van der Waals surface area contributed by atoms with Crippen LogP contribution >= 0.6 is 0 Å². The molecule has 2 aromatic carbocycles. The molecule has 3 amide bonds. The van der Waals surface area contributed by atoms with Crippen molar-refractivity contribution in [3.05, 3.63) is 59.7 Å². The summed E-state index contributed by atoms with van der Waals surface area (Å²) in [5, 5.41) is 13.4. The van der Waals surface area contributed by atoms with Crippen molar-refractivity contribution in [1.82, 2.24) is 15.5 Å². The van der Waals surface area contributed by atoms with Crippen LogP contribution in [0.15, 0.2) is 53.4 Å². The standard InChI is InChI=1S/C31H42N6O5S/c1-34-28(38)10-3-5-22-11-14-36(15-12-22)31(40)25(18-23-6-2-7-24(17-23)30(32)33)21-43(41,42)27-9-4-8-26(19-27)37-16-13-35-20-29(37)39/h2,4,6-9,17,19,22,25,35H,3,5,10-16,18,20-21H2,1H3,(H3,32,33)(H,34,38)/t25-/m1/s1. The van der Waals surface area contributed by atoms with Crippen LogP contribution in [-0.2, 0) is 30.6 Å². The molecule has 2 heterocycles. The molecule has 232 valence electrons. The van der Waals surface area contributed by atoms with Crippen LogP contribution in [-0.4, -0.2) is 82.4 Å². The molecule has 11 nitrogen and oxygen atoms in total. The lowest BCUT2D eigenvalue weighted by atomic mass is 9.90. The molecule has 2 saturated heterocycles. The van der Waals surface area contributed by atoms with Crippen molar-refractivity contribution in [2.24, 2.45) is 17.6 Å². The number of nitrogens with zero attached hydrogens (tertiary/aromatic N) is 2. The van der Waals surface area contributed by atoms with Gasteiger partial charge in [-0.05, 0) is 67.9 Å². The highest BCUT2D eigenvalue weighted by Crippen LogP contribution is 2.27. The van der Waals surface area contributed by atoms with E-state index in [0.717, 1.165) is 31.2 Å². The van der Waals surface area contributed by atoms with E-state index in [2.05, 4.69) is 10.6 Å². The lowest BCUT2D eigenvalue weighted by molar-refractivity contribution is -0.136. The molecule has 1 atom stereocenters. The Labute approximate surface area is 253 Å². The monoisotopic (exact) mass is 610 g/mol. The Hall–Kier alpha value is -3.77. The number of benzene rings is 2. The van der Waals surface area contributed by atoms with Gasteiger partial charge < -0.3 is 26.2 Å². The van der Waals surface area contributed by atoms with E-state index in [1.54, 1.807) is 47.2 Å². The molecule has 2 aromatic rings. The fraction of sp³-hybridized carbons (Fsp3) is 0.484. The number of amides is 3. The summed E-state index contributed by atoms with van der Waals surface area (Å²) >= 11 is 0. The summed E-state index contributed by atoms with van der Waals surface area (Å²) in [7, 11) is -2.28. The fourth-order valence-electron chi connectivity index (χ4n) is 5.83. The second-order valence-electron chi connectivity index (χ2n) is 11.4. The van der Waals surface area contributed by atoms with Crippen LogP contribution in [0, 0.1) is 17.2 Å². The van der Waals surface area contributed by atoms with Crippen LogP contribution in [0.2, 0.25) is 0 Å². The first kappa shape index (κ1) is 32.2. The Bertz CT molecular complexity index is 1440. The van der Waals surface area contributed by atoms with E-state index in [1.807, 2.05) is 6.07 Å². The third-order valence-corrected chi connectivity index (χ3v) is 10.1. The van der Waals surface area contributed by atoms with E-state index in [4.69, 9.17) is 11.1 Å². The van der Waals surface area contributed by atoms with E-state index in [-0.39, 0.29) is 47.2 Å². The number of carbonyl (C=O) groups is 3. The maximum atomic E-state index is 13.9. The quantitative estimate of drug-likeness (QED) is 0.210. The Morgan fingerprint density at radius 1 is 1.12 bits per heavy atom. The molecule has 2 fully saturated rings. The van der Waals surface area contributed by atoms with Crippen molar-refractivity contribution in [2.75, 3.05) is 50.4 Å². The number of amidine groups is 1. The zero-order chi connectivity index (χ0) is 31.0. The number of likely N-dealkylation sites (tertiary alicyclic amines) is 1. The summed E-state index contributed by atoms with van der Waals surface area (Å²) in [6.45, 7) is 2.32. The predicted octanol–water partition coefficient (Wildman–Crippen LogP) is 1.69. The van der Waals surface area contributed by atoms with Crippen LogP contribution in [0.1, 0.15) is 43.2 Å². The van der Waals surface area contributed by atoms with Crippen LogP contribution in [0.5, 0.6) is 0 Å². The van der Waals surface area contributed by atoms with Gasteiger partial charge in [-0.1, -0.05) is 24.3 Å². The number of nitrogen functional groups attached to an aromatic ring is 1. The van der Waals surface area contributed by atoms with Gasteiger partial charge in [0, 0.05) is 50.9 Å². The number of nitrogens with two attached hydrogens (primary N) is 1. The van der Waals surface area contributed by atoms with Crippen molar-refractivity contribution < 1.29 is 22.8 Å². The molecule has 0 spiro atoms. The number of piperazine rings is 1. The molecule has 4 rings (SSSR count). The Morgan fingerprint density at radius 2 is 1.86 bits per heavy atom. The van der Waals surface area contributed by atoms with Crippen molar-refractivity contribution in [1.29, 1.82) is 5.41 Å². The highest BCUT2D eigenvalue weighted by atomic mass is 32.2. The normalized spacial score (nSPS) is 17.0. The minimum Gasteiger partial charge on any atom is -0.384 e. The zero-order valence-corrected chi connectivity index (χ0v) is 25.5. The molecule has 2 aliphatic rings. The summed E-state index contributed by atoms with van der Waals surface area (Å²) in [4.78, 5) is 41.3. The first-order valence-corrected chi connectivity index (χ1v) is 16.5. The summed E-state index contributed by atoms with van der Waals surface area (Å²) in [6.07, 6.45) is 3.99. The minimum atomic E-state index is -3.91. The van der Waals surface area contributed by atoms with Crippen molar-refractivity contribution in [2.45, 2.75) is 43.4 Å². The highest BCUT2D eigenvalue weighted by molar-refractivity contribution is 7.91. The minimum absolute atomic E-state index is 0.0237. The maximum absolute atomic E-state index is 13.9. The van der Waals surface area contributed by atoms with Crippen LogP contribution in [0.3, 0.4) is 0 Å². The first-order chi connectivity index (χ1) is 20.6. The smallest absolute Gasteiger partial charge is 0.240 e. The van der Waals surface area contributed by atoms with E-state index in [1.165, 1.54) is 12.1 Å². The van der Waals surface area contributed by atoms with Gasteiger partial charge >= 0.3 is 0 Å². The number of sulfone groups is 1. The molecule has 2 aliphatic heterocycles. The van der Waals surface area contributed by atoms with Gasteiger partial charge in [-0.3, -0.25) is 19.8 Å². The lowest BCUT2D eigenvalue weighted by Gasteiger charge is -2.34. The number of carbonyl (C=O) groups excluding carboxylic acids is 3. The third kappa shape index (κ3) is 8.64. The molecule has 0 saturated carbocycles. The van der Waals surface area contributed by atoms with Crippen LogP contribution in [0.25, 0.3) is 0 Å². The molecule has 0 radical (unpaired) electrons. The summed E-state index contributed by atoms with van der Waals surface area (Å²) in [5.74, 6) is -1.24. The van der Waals surface area contributed by atoms with Gasteiger partial charge in [0.25, 0.3) is 0 Å². The topological polar surface area (TPSA) is 166 Å². The van der Waals surface area contributed by atoms with E-state index in [9.17, 15) is 22.8 Å². The number of hydrogen-bond acceptors (Lipinski definition) is 7. The molecule has 0 unspecified atom stereocenters. The molecule has 5 N–H and O–H groups in total. The van der Waals surface area contributed by atoms with Gasteiger partial charge in [0.05, 0.1) is 23.1 Å². The summed E-state index contributed by atoms with van der Waals surface area (Å²) in [6, 6.07) is 13.4. The molecular weight excluding hydrogens is 568 g/mol. The van der Waals surface area contributed by atoms with Crippen molar-refractivity contribution in [3.63, 3.8) is 0 Å². The van der Waals surface area contributed by atoms with Gasteiger partial charge in [0.15, 0.2) is 9.84 Å². The Kier molecular flexibility index (Phi) is 10.9.